The number of carbonyl (C=O) groups is 1. The minimum Gasteiger partial charge on any atom is -0.358 e. The maximum absolute atomic E-state index is 11.3. The number of rotatable bonds is 3. The number of nitrogens with zero attached hydrogens (tertiary/aromatic N) is 5. The molecule has 0 fully saturated rings. The van der Waals surface area contributed by atoms with E-state index in [-0.39, 0.29) is 11.4 Å². The van der Waals surface area contributed by atoms with Crippen molar-refractivity contribution < 1.29 is 9.72 Å². The summed E-state index contributed by atoms with van der Waals surface area (Å²) in [7, 11) is 2.83. The van der Waals surface area contributed by atoms with Crippen LogP contribution < -0.4 is 0 Å². The van der Waals surface area contributed by atoms with Crippen molar-refractivity contribution in [3.8, 4) is 6.19 Å². The Balaban J connectivity index is 2.96. The molecule has 1 amide bonds. The van der Waals surface area contributed by atoms with E-state index in [0.29, 0.717) is 0 Å². The Kier molecular flexibility index (Phi) is 3.56. The summed E-state index contributed by atoms with van der Waals surface area (Å²) in [6.07, 6.45) is 5.36. The first-order valence-corrected chi connectivity index (χ1v) is 4.49. The summed E-state index contributed by atoms with van der Waals surface area (Å²) in [5.41, 5.74) is 0.206. The average Bonchev–Trinajstić information content (AvgIpc) is 2.66. The van der Waals surface area contributed by atoms with Gasteiger partial charge in [0.1, 0.15) is 0 Å². The lowest BCUT2D eigenvalue weighted by Crippen LogP contribution is -2.18. The van der Waals surface area contributed by atoms with Crippen LogP contribution in [0.5, 0.6) is 0 Å². The van der Waals surface area contributed by atoms with Crippen LogP contribution in [-0.2, 0) is 11.8 Å². The summed E-state index contributed by atoms with van der Waals surface area (Å²) >= 11 is 0. The minimum absolute atomic E-state index is 0.206. The third-order valence-electron chi connectivity index (χ3n) is 1.90. The van der Waals surface area contributed by atoms with Crippen LogP contribution in [0.25, 0.3) is 6.08 Å². The molecule has 0 bridgehead atoms. The fourth-order valence-electron chi connectivity index (χ4n) is 1.08. The van der Waals surface area contributed by atoms with E-state index in [1.807, 2.05) is 0 Å². The molecule has 0 atom stereocenters. The maximum Gasteiger partial charge on any atom is 0.397 e. The van der Waals surface area contributed by atoms with Gasteiger partial charge in [0, 0.05) is 13.1 Å². The number of nitriles is 1. The number of nitro groups is 1. The van der Waals surface area contributed by atoms with Gasteiger partial charge in [0.05, 0.1) is 23.9 Å². The number of hydrogen-bond donors (Lipinski definition) is 0. The molecule has 0 unspecified atom stereocenters. The summed E-state index contributed by atoms with van der Waals surface area (Å²) in [6.45, 7) is 0. The van der Waals surface area contributed by atoms with Gasteiger partial charge >= 0.3 is 5.82 Å². The van der Waals surface area contributed by atoms with Gasteiger partial charge < -0.3 is 10.1 Å². The molecule has 0 spiro atoms. The molecule has 1 rings (SSSR count). The Labute approximate surface area is 96.5 Å². The van der Waals surface area contributed by atoms with Crippen molar-refractivity contribution in [1.29, 1.82) is 5.26 Å². The molecule has 0 aromatic carbocycles. The zero-order chi connectivity index (χ0) is 13.0. The highest BCUT2D eigenvalue weighted by atomic mass is 16.6. The van der Waals surface area contributed by atoms with Crippen molar-refractivity contribution in [2.45, 2.75) is 0 Å². The Hall–Kier alpha value is -2.69. The van der Waals surface area contributed by atoms with Crippen LogP contribution >= 0.6 is 0 Å². The summed E-state index contributed by atoms with van der Waals surface area (Å²) in [6, 6.07) is 0. The van der Waals surface area contributed by atoms with Crippen LogP contribution in [0, 0.1) is 21.6 Å². The van der Waals surface area contributed by atoms with E-state index < -0.39 is 10.8 Å². The first-order chi connectivity index (χ1) is 7.95. The fraction of sp³-hybridized carbons (Fsp3) is 0.222. The van der Waals surface area contributed by atoms with E-state index in [4.69, 9.17) is 5.26 Å². The van der Waals surface area contributed by atoms with E-state index >= 15 is 0 Å². The molecule has 88 valence electrons. The standard InChI is InChI=1S/C9H9N5O3/c1-12(6-10)8(15)4-3-7-5-13(2)11-9(7)14(16)17/h3-5H,1-2H3. The second kappa shape index (κ2) is 4.89. The van der Waals surface area contributed by atoms with E-state index in [1.165, 1.54) is 31.1 Å². The Morgan fingerprint density at radius 1 is 1.76 bits per heavy atom. The van der Waals surface area contributed by atoms with E-state index in [0.717, 1.165) is 11.0 Å². The number of likely N-dealkylation sites (N-methyl/N-ethyl adjacent to an activating group) is 1. The average molecular weight is 235 g/mol. The summed E-state index contributed by atoms with van der Waals surface area (Å²) < 4.78 is 1.27. The second-order valence-corrected chi connectivity index (χ2v) is 3.17. The van der Waals surface area contributed by atoms with E-state index in [2.05, 4.69) is 5.10 Å². The highest BCUT2D eigenvalue weighted by molar-refractivity contribution is 5.92. The monoisotopic (exact) mass is 235 g/mol. The highest BCUT2D eigenvalue weighted by Gasteiger charge is 2.17. The molecule has 8 heteroatoms. The Morgan fingerprint density at radius 2 is 2.41 bits per heavy atom. The second-order valence-electron chi connectivity index (χ2n) is 3.17. The summed E-state index contributed by atoms with van der Waals surface area (Å²) in [5.74, 6) is -0.901. The van der Waals surface area contributed by atoms with Crippen molar-refractivity contribution in [2.24, 2.45) is 7.05 Å². The third-order valence-corrected chi connectivity index (χ3v) is 1.90. The molecule has 17 heavy (non-hydrogen) atoms. The summed E-state index contributed by atoms with van der Waals surface area (Å²) in [5, 5.41) is 22.7. The van der Waals surface area contributed by atoms with Gasteiger partial charge in [-0.2, -0.15) is 9.94 Å². The molecule has 0 N–H and O–H groups in total. The summed E-state index contributed by atoms with van der Waals surface area (Å²) in [4.78, 5) is 22.0. The molecule has 1 aromatic rings. The number of aryl methyl sites for hydroxylation is 1. The first kappa shape index (κ1) is 12.4. The van der Waals surface area contributed by atoms with Crippen LogP contribution in [-0.4, -0.2) is 32.6 Å². The largest absolute Gasteiger partial charge is 0.397 e. The molecule has 0 saturated heterocycles. The quantitative estimate of drug-likeness (QED) is 0.246. The van der Waals surface area contributed by atoms with Gasteiger partial charge in [0.2, 0.25) is 0 Å². The smallest absolute Gasteiger partial charge is 0.358 e. The van der Waals surface area contributed by atoms with E-state index in [9.17, 15) is 14.9 Å². The van der Waals surface area contributed by atoms with Crippen LogP contribution in [0.2, 0.25) is 0 Å². The lowest BCUT2D eigenvalue weighted by Gasteiger charge is -2.00. The predicted octanol–water partition coefficient (Wildman–Crippen LogP) is 0.281. The molecular weight excluding hydrogens is 226 g/mol. The normalized spacial score (nSPS) is 10.2. The molecular formula is C9H9N5O3. The molecule has 0 aliphatic rings. The molecule has 0 aliphatic heterocycles. The lowest BCUT2D eigenvalue weighted by atomic mass is 10.3. The molecule has 0 radical (unpaired) electrons. The molecule has 1 aromatic heterocycles. The highest BCUT2D eigenvalue weighted by Crippen LogP contribution is 2.16. The van der Waals surface area contributed by atoms with Crippen LogP contribution in [0.3, 0.4) is 0 Å². The maximum atomic E-state index is 11.3. The number of carbonyl (C=O) groups excluding carboxylic acids is 1. The van der Waals surface area contributed by atoms with Gasteiger partial charge in [-0.15, -0.1) is 0 Å². The molecule has 0 aliphatic carbocycles. The number of amides is 1. The van der Waals surface area contributed by atoms with Gasteiger partial charge in [0.15, 0.2) is 6.19 Å². The van der Waals surface area contributed by atoms with Crippen molar-refractivity contribution in [3.05, 3.63) is 28.0 Å². The van der Waals surface area contributed by atoms with Crippen molar-refractivity contribution in [2.75, 3.05) is 7.05 Å². The van der Waals surface area contributed by atoms with Crippen LogP contribution in [0.1, 0.15) is 5.56 Å². The van der Waals surface area contributed by atoms with Crippen molar-refractivity contribution >= 4 is 17.8 Å². The van der Waals surface area contributed by atoms with Crippen LogP contribution in [0.4, 0.5) is 5.82 Å². The third kappa shape index (κ3) is 2.88. The Bertz CT molecular complexity index is 525. The molecule has 8 nitrogen and oxygen atoms in total. The van der Waals surface area contributed by atoms with Gasteiger partial charge in [-0.05, 0) is 11.0 Å². The van der Waals surface area contributed by atoms with Gasteiger partial charge in [0.25, 0.3) is 5.91 Å². The number of hydrogen-bond acceptors (Lipinski definition) is 5. The van der Waals surface area contributed by atoms with Gasteiger partial charge in [-0.1, -0.05) is 0 Å². The zero-order valence-corrected chi connectivity index (χ0v) is 9.19. The topological polar surface area (TPSA) is 105 Å². The number of aromatic nitrogens is 2. The van der Waals surface area contributed by atoms with Crippen molar-refractivity contribution in [1.82, 2.24) is 14.7 Å². The fourth-order valence-corrected chi connectivity index (χ4v) is 1.08. The molecule has 0 saturated carbocycles. The predicted molar refractivity (Wildman–Crippen MR) is 57.3 cm³/mol. The molecule has 1 heterocycles. The zero-order valence-electron chi connectivity index (χ0n) is 9.19. The van der Waals surface area contributed by atoms with E-state index in [1.54, 1.807) is 6.19 Å². The van der Waals surface area contributed by atoms with Gasteiger partial charge in [-0.25, -0.2) is 4.90 Å². The minimum atomic E-state index is -0.641. The van der Waals surface area contributed by atoms with Gasteiger partial charge in [-0.3, -0.25) is 4.79 Å². The SMILES string of the molecule is CN(C#N)C(=O)C=Cc1cn(C)nc1[N+](=O)[O-]. The van der Waals surface area contributed by atoms with Crippen LogP contribution in [0.15, 0.2) is 12.3 Å². The van der Waals surface area contributed by atoms with Crippen molar-refractivity contribution in [3.63, 3.8) is 0 Å². The lowest BCUT2D eigenvalue weighted by molar-refractivity contribution is -0.390. The first-order valence-electron chi connectivity index (χ1n) is 4.49. The Morgan fingerprint density at radius 3 is 2.94 bits per heavy atom.